The highest BCUT2D eigenvalue weighted by Crippen LogP contribution is 2.28. The Balaban J connectivity index is 1.61. The zero-order chi connectivity index (χ0) is 18.1. The fourth-order valence-electron chi connectivity index (χ4n) is 2.78. The van der Waals surface area contributed by atoms with Gasteiger partial charge in [0.1, 0.15) is 12.1 Å². The first-order valence-corrected chi connectivity index (χ1v) is 8.95. The summed E-state index contributed by atoms with van der Waals surface area (Å²) in [4.78, 5) is 13.0. The fourth-order valence-corrected chi connectivity index (χ4v) is 3.75. The maximum absolute atomic E-state index is 13.8. The quantitative estimate of drug-likeness (QED) is 0.575. The molecule has 7 heteroatoms. The number of amides is 1. The van der Waals surface area contributed by atoms with E-state index in [4.69, 9.17) is 0 Å². The second-order valence-corrected chi connectivity index (χ2v) is 6.82. The van der Waals surface area contributed by atoms with Crippen molar-refractivity contribution in [2.45, 2.75) is 13.5 Å². The predicted octanol–water partition coefficient (Wildman–Crippen LogP) is 4.57. The zero-order valence-electron chi connectivity index (χ0n) is 13.9. The third kappa shape index (κ3) is 2.97. The van der Waals surface area contributed by atoms with E-state index in [-0.39, 0.29) is 11.7 Å². The summed E-state index contributed by atoms with van der Waals surface area (Å²) >= 11 is 1.27. The molecule has 0 aliphatic carbocycles. The summed E-state index contributed by atoms with van der Waals surface area (Å²) in [7, 11) is 0. The number of aromatic nitrogens is 3. The average molecular weight is 366 g/mol. The second kappa shape index (κ2) is 6.68. The standard InChI is InChI=1S/C19H15FN4OS/c1-2-24-11-21-23-18(24)12-5-3-6-13(9-12)22-19(25)17-10-14-15(20)7-4-8-16(14)26-17/h3-11H,2H2,1H3,(H,22,25). The van der Waals surface area contributed by atoms with Gasteiger partial charge in [0.05, 0.1) is 4.88 Å². The number of thiophene rings is 1. The molecule has 0 aliphatic rings. The minimum absolute atomic E-state index is 0.264. The lowest BCUT2D eigenvalue weighted by Gasteiger charge is -2.07. The van der Waals surface area contributed by atoms with E-state index in [0.717, 1.165) is 22.6 Å². The van der Waals surface area contributed by atoms with Gasteiger partial charge in [-0.05, 0) is 37.3 Å². The van der Waals surface area contributed by atoms with Crippen molar-refractivity contribution >= 4 is 33.0 Å². The molecule has 4 rings (SSSR count). The highest BCUT2D eigenvalue weighted by atomic mass is 32.1. The van der Waals surface area contributed by atoms with Gasteiger partial charge in [0.15, 0.2) is 5.82 Å². The van der Waals surface area contributed by atoms with Crippen LogP contribution in [0.5, 0.6) is 0 Å². The highest BCUT2D eigenvalue weighted by molar-refractivity contribution is 7.20. The number of nitrogens with one attached hydrogen (secondary N) is 1. The number of halogens is 1. The van der Waals surface area contributed by atoms with Gasteiger partial charge in [0.2, 0.25) is 0 Å². The molecule has 0 spiro atoms. The van der Waals surface area contributed by atoms with Crippen LogP contribution in [0.1, 0.15) is 16.6 Å². The molecule has 4 aromatic rings. The van der Waals surface area contributed by atoms with E-state index in [1.54, 1.807) is 24.5 Å². The maximum Gasteiger partial charge on any atom is 0.265 e. The van der Waals surface area contributed by atoms with E-state index in [1.165, 1.54) is 17.4 Å². The molecule has 5 nitrogen and oxygen atoms in total. The second-order valence-electron chi connectivity index (χ2n) is 5.74. The molecule has 0 saturated heterocycles. The lowest BCUT2D eigenvalue weighted by atomic mass is 10.2. The van der Waals surface area contributed by atoms with Crippen LogP contribution in [-0.4, -0.2) is 20.7 Å². The van der Waals surface area contributed by atoms with Crippen LogP contribution in [0.2, 0.25) is 0 Å². The number of nitrogens with zero attached hydrogens (tertiary/aromatic N) is 3. The molecule has 2 aromatic heterocycles. The molecule has 0 atom stereocenters. The largest absolute Gasteiger partial charge is 0.321 e. The van der Waals surface area contributed by atoms with E-state index >= 15 is 0 Å². The van der Waals surface area contributed by atoms with Gasteiger partial charge in [0.25, 0.3) is 5.91 Å². The number of hydrogen-bond acceptors (Lipinski definition) is 4. The topological polar surface area (TPSA) is 59.8 Å². The molecular weight excluding hydrogens is 351 g/mol. The number of carbonyl (C=O) groups is 1. The average Bonchev–Trinajstić information content (AvgIpc) is 3.29. The first kappa shape index (κ1) is 16.4. The molecule has 1 amide bonds. The number of benzene rings is 2. The molecule has 0 aliphatic heterocycles. The Labute approximate surface area is 153 Å². The van der Waals surface area contributed by atoms with Crippen molar-refractivity contribution in [2.75, 3.05) is 5.32 Å². The summed E-state index contributed by atoms with van der Waals surface area (Å²) in [6.45, 7) is 2.77. The first-order valence-electron chi connectivity index (χ1n) is 8.13. The van der Waals surface area contributed by atoms with Crippen LogP contribution < -0.4 is 5.32 Å². The van der Waals surface area contributed by atoms with Crippen LogP contribution in [0.3, 0.4) is 0 Å². The van der Waals surface area contributed by atoms with Crippen LogP contribution in [0.25, 0.3) is 21.5 Å². The van der Waals surface area contributed by atoms with Crippen molar-refractivity contribution in [3.63, 3.8) is 0 Å². The fraction of sp³-hybridized carbons (Fsp3) is 0.105. The molecule has 2 heterocycles. The summed E-state index contributed by atoms with van der Waals surface area (Å²) in [5.74, 6) is 0.158. The summed E-state index contributed by atoms with van der Waals surface area (Å²) in [6, 6.07) is 13.8. The molecule has 26 heavy (non-hydrogen) atoms. The van der Waals surface area contributed by atoms with E-state index in [1.807, 2.05) is 35.8 Å². The zero-order valence-corrected chi connectivity index (χ0v) is 14.8. The first-order chi connectivity index (χ1) is 12.7. The SMILES string of the molecule is CCn1cnnc1-c1cccc(NC(=O)c2cc3c(F)cccc3s2)c1. The van der Waals surface area contributed by atoms with Crippen molar-refractivity contribution in [3.8, 4) is 11.4 Å². The van der Waals surface area contributed by atoms with E-state index in [2.05, 4.69) is 15.5 Å². The molecule has 0 bridgehead atoms. The predicted molar refractivity (Wildman–Crippen MR) is 101 cm³/mol. The highest BCUT2D eigenvalue weighted by Gasteiger charge is 2.13. The van der Waals surface area contributed by atoms with E-state index in [9.17, 15) is 9.18 Å². The van der Waals surface area contributed by atoms with Gasteiger partial charge in [-0.2, -0.15) is 0 Å². The third-order valence-electron chi connectivity index (χ3n) is 4.07. The number of hydrogen-bond donors (Lipinski definition) is 1. The van der Waals surface area contributed by atoms with Crippen molar-refractivity contribution < 1.29 is 9.18 Å². The number of anilines is 1. The molecule has 2 aromatic carbocycles. The Morgan fingerprint density at radius 1 is 1.23 bits per heavy atom. The minimum Gasteiger partial charge on any atom is -0.321 e. The molecule has 130 valence electrons. The summed E-state index contributed by atoms with van der Waals surface area (Å²) < 4.78 is 16.5. The Kier molecular flexibility index (Phi) is 4.22. The van der Waals surface area contributed by atoms with Crippen molar-refractivity contribution in [2.24, 2.45) is 0 Å². The van der Waals surface area contributed by atoms with Gasteiger partial charge in [0, 0.05) is 27.9 Å². The lowest BCUT2D eigenvalue weighted by Crippen LogP contribution is -2.10. The number of carbonyl (C=O) groups excluding carboxylic acids is 1. The van der Waals surface area contributed by atoms with Crippen LogP contribution in [0, 0.1) is 5.82 Å². The maximum atomic E-state index is 13.8. The molecule has 0 fully saturated rings. The molecular formula is C19H15FN4OS. The van der Waals surface area contributed by atoms with Gasteiger partial charge >= 0.3 is 0 Å². The van der Waals surface area contributed by atoms with Gasteiger partial charge in [-0.3, -0.25) is 4.79 Å². The third-order valence-corrected chi connectivity index (χ3v) is 5.17. The van der Waals surface area contributed by atoms with E-state index < -0.39 is 0 Å². The number of rotatable bonds is 4. The monoisotopic (exact) mass is 366 g/mol. The molecule has 0 saturated carbocycles. The van der Waals surface area contributed by atoms with Gasteiger partial charge in [-0.15, -0.1) is 21.5 Å². The van der Waals surface area contributed by atoms with Crippen molar-refractivity contribution in [1.82, 2.24) is 14.8 Å². The van der Waals surface area contributed by atoms with Crippen LogP contribution >= 0.6 is 11.3 Å². The van der Waals surface area contributed by atoms with Gasteiger partial charge in [-0.25, -0.2) is 4.39 Å². The van der Waals surface area contributed by atoms with Crippen LogP contribution in [-0.2, 0) is 6.54 Å². The number of aryl methyl sites for hydroxylation is 1. The normalized spacial score (nSPS) is 11.0. The minimum atomic E-state index is -0.321. The summed E-state index contributed by atoms with van der Waals surface area (Å²) in [5, 5.41) is 11.4. The molecule has 1 N–H and O–H groups in total. The summed E-state index contributed by atoms with van der Waals surface area (Å²) in [5.41, 5.74) is 1.51. The van der Waals surface area contributed by atoms with Crippen LogP contribution in [0.15, 0.2) is 54.9 Å². The van der Waals surface area contributed by atoms with Crippen molar-refractivity contribution in [1.29, 1.82) is 0 Å². The molecule has 0 radical (unpaired) electrons. The lowest BCUT2D eigenvalue weighted by molar-refractivity contribution is 0.103. The molecule has 0 unspecified atom stereocenters. The van der Waals surface area contributed by atoms with Gasteiger partial charge < -0.3 is 9.88 Å². The van der Waals surface area contributed by atoms with E-state index in [0.29, 0.717) is 16.0 Å². The summed E-state index contributed by atoms with van der Waals surface area (Å²) in [6.07, 6.45) is 1.67. The van der Waals surface area contributed by atoms with Gasteiger partial charge in [-0.1, -0.05) is 18.2 Å². The Hall–Kier alpha value is -3.06. The number of fused-ring (bicyclic) bond motifs is 1. The Morgan fingerprint density at radius 2 is 2.08 bits per heavy atom. The Morgan fingerprint density at radius 3 is 2.88 bits per heavy atom. The van der Waals surface area contributed by atoms with Crippen LogP contribution in [0.4, 0.5) is 10.1 Å². The Bertz CT molecular complexity index is 1100. The van der Waals surface area contributed by atoms with Crippen molar-refractivity contribution in [3.05, 3.63) is 65.6 Å². The smallest absolute Gasteiger partial charge is 0.265 e.